The molecular weight excluding hydrogens is 509 g/mol. The molecule has 1 aliphatic rings. The summed E-state index contributed by atoms with van der Waals surface area (Å²) >= 11 is 0. The third-order valence-electron chi connectivity index (χ3n) is 6.82. The van der Waals surface area contributed by atoms with E-state index in [2.05, 4.69) is 20.6 Å². The van der Waals surface area contributed by atoms with E-state index in [9.17, 15) is 14.0 Å². The number of anilines is 3. The van der Waals surface area contributed by atoms with Gasteiger partial charge in [0, 0.05) is 41.4 Å². The molecule has 2 N–H and O–H groups in total. The predicted octanol–water partition coefficient (Wildman–Crippen LogP) is 6.42. The molecule has 0 spiro atoms. The average molecular weight is 536 g/mol. The summed E-state index contributed by atoms with van der Waals surface area (Å²) < 4.78 is 21.1. The fourth-order valence-corrected chi connectivity index (χ4v) is 4.61. The zero-order valence-corrected chi connectivity index (χ0v) is 21.9. The highest BCUT2D eigenvalue weighted by Gasteiger charge is 2.29. The fraction of sp³-hybridized carbons (Fsp3) is 0.161. The van der Waals surface area contributed by atoms with Gasteiger partial charge >= 0.3 is 0 Å². The van der Waals surface area contributed by atoms with E-state index in [0.717, 1.165) is 35.2 Å². The number of carbonyl (C=O) groups excluding carboxylic acids is 1. The van der Waals surface area contributed by atoms with Gasteiger partial charge in [-0.2, -0.15) is 0 Å². The van der Waals surface area contributed by atoms with Crippen molar-refractivity contribution in [2.24, 2.45) is 5.92 Å². The molecule has 6 rings (SSSR count). The summed E-state index contributed by atoms with van der Waals surface area (Å²) in [7, 11) is 0. The number of amides is 1. The molecule has 3 aromatic heterocycles. The van der Waals surface area contributed by atoms with Gasteiger partial charge in [0.15, 0.2) is 0 Å². The van der Waals surface area contributed by atoms with Gasteiger partial charge in [-0.05, 0) is 98.3 Å². The number of nitrogens with one attached hydrogen (secondary N) is 2. The Morgan fingerprint density at radius 2 is 1.70 bits per heavy atom. The average Bonchev–Trinajstić information content (AvgIpc) is 3.77. The van der Waals surface area contributed by atoms with E-state index < -0.39 is 0 Å². The van der Waals surface area contributed by atoms with Crippen molar-refractivity contribution in [1.29, 1.82) is 0 Å². The molecule has 1 aliphatic carbocycles. The van der Waals surface area contributed by atoms with E-state index >= 15 is 0 Å². The minimum atomic E-state index is -0.369. The number of carbonyl (C=O) groups is 1. The first kappa shape index (κ1) is 25.2. The number of rotatable bonds is 7. The van der Waals surface area contributed by atoms with Crippen molar-refractivity contribution in [1.82, 2.24) is 14.5 Å². The van der Waals surface area contributed by atoms with Crippen molar-refractivity contribution in [3.63, 3.8) is 0 Å². The van der Waals surface area contributed by atoms with Crippen LogP contribution in [0.1, 0.15) is 24.1 Å². The lowest BCUT2D eigenvalue weighted by Crippen LogP contribution is -2.21. The minimum Gasteiger partial charge on any atom is -0.457 e. The molecule has 8 nitrogen and oxygen atoms in total. The number of aromatic nitrogens is 3. The van der Waals surface area contributed by atoms with Crippen molar-refractivity contribution in [2.75, 3.05) is 10.6 Å². The first-order valence-corrected chi connectivity index (χ1v) is 13.0. The van der Waals surface area contributed by atoms with Gasteiger partial charge in [0.1, 0.15) is 29.0 Å². The highest BCUT2D eigenvalue weighted by molar-refractivity contribution is 5.94. The van der Waals surface area contributed by atoms with Gasteiger partial charge in [-0.3, -0.25) is 14.2 Å². The van der Waals surface area contributed by atoms with Crippen LogP contribution in [0.5, 0.6) is 11.5 Å². The lowest BCUT2D eigenvalue weighted by molar-refractivity contribution is -0.117. The maximum absolute atomic E-state index is 13.7. The topological polar surface area (TPSA) is 98.1 Å². The normalized spacial score (nSPS) is 12.8. The van der Waals surface area contributed by atoms with E-state index in [1.807, 2.05) is 38.1 Å². The molecule has 1 amide bonds. The summed E-state index contributed by atoms with van der Waals surface area (Å²) in [4.78, 5) is 34.4. The maximum Gasteiger partial charge on any atom is 0.266 e. The molecule has 0 radical (unpaired) electrons. The summed E-state index contributed by atoms with van der Waals surface area (Å²) in [5.74, 6) is 1.72. The highest BCUT2D eigenvalue weighted by atomic mass is 19.1. The van der Waals surface area contributed by atoms with Crippen LogP contribution >= 0.6 is 0 Å². The Balaban J connectivity index is 1.27. The molecule has 40 heavy (non-hydrogen) atoms. The highest BCUT2D eigenvalue weighted by Crippen LogP contribution is 2.32. The minimum absolute atomic E-state index is 0.0162. The first-order chi connectivity index (χ1) is 19.4. The molecule has 3 heterocycles. The van der Waals surface area contributed by atoms with Gasteiger partial charge < -0.3 is 15.4 Å². The molecule has 200 valence electrons. The van der Waals surface area contributed by atoms with Crippen LogP contribution in [0.25, 0.3) is 16.5 Å². The molecule has 0 bridgehead atoms. The second-order valence-electron chi connectivity index (χ2n) is 9.87. The van der Waals surface area contributed by atoms with Crippen molar-refractivity contribution < 1.29 is 13.9 Å². The molecule has 1 saturated carbocycles. The van der Waals surface area contributed by atoms with E-state index in [0.29, 0.717) is 34.2 Å². The van der Waals surface area contributed by atoms with Gasteiger partial charge in [-0.25, -0.2) is 14.4 Å². The molecule has 0 saturated heterocycles. The number of aryl methyl sites for hydroxylation is 2. The standard InChI is InChI=1S/C31H26FN5O3/c1-18-15-24(40-25-12-14-33-27(17-25)36-30(38)20-3-4-20)9-10-26(18)35-29-28-21(11-13-34-29)16-19(2)37(31(28)39)23-7-5-22(32)6-8-23/h5-17,20H,3-4H2,1-2H3,(H,34,35)(H,33,36,38). The smallest absolute Gasteiger partial charge is 0.266 e. The molecule has 2 aromatic carbocycles. The Labute approximate surface area is 229 Å². The Bertz CT molecular complexity index is 1810. The predicted molar refractivity (Wildman–Crippen MR) is 152 cm³/mol. The van der Waals surface area contributed by atoms with Gasteiger partial charge in [0.2, 0.25) is 5.91 Å². The number of fused-ring (bicyclic) bond motifs is 1. The van der Waals surface area contributed by atoms with Crippen LogP contribution in [0.2, 0.25) is 0 Å². The third-order valence-corrected chi connectivity index (χ3v) is 6.82. The molecule has 0 unspecified atom stereocenters. The number of hydrogen-bond donors (Lipinski definition) is 2. The largest absolute Gasteiger partial charge is 0.457 e. The quantitative estimate of drug-likeness (QED) is 0.250. The van der Waals surface area contributed by atoms with Crippen LogP contribution in [-0.2, 0) is 4.79 Å². The zero-order chi connectivity index (χ0) is 27.8. The number of benzene rings is 2. The summed E-state index contributed by atoms with van der Waals surface area (Å²) in [5, 5.41) is 7.30. The fourth-order valence-electron chi connectivity index (χ4n) is 4.61. The van der Waals surface area contributed by atoms with Gasteiger partial charge in [0.05, 0.1) is 5.39 Å². The Hall–Kier alpha value is -5.05. The summed E-state index contributed by atoms with van der Waals surface area (Å²) in [6.45, 7) is 3.77. The van der Waals surface area contributed by atoms with E-state index in [1.165, 1.54) is 12.1 Å². The van der Waals surface area contributed by atoms with Crippen LogP contribution in [0.4, 0.5) is 21.7 Å². The van der Waals surface area contributed by atoms with Crippen LogP contribution in [0.3, 0.4) is 0 Å². The van der Waals surface area contributed by atoms with Crippen LogP contribution in [0.15, 0.2) is 83.9 Å². The Morgan fingerprint density at radius 1 is 0.950 bits per heavy atom. The van der Waals surface area contributed by atoms with Crippen molar-refractivity contribution >= 4 is 34.0 Å². The summed E-state index contributed by atoms with van der Waals surface area (Å²) in [6, 6.07) is 18.5. The molecule has 5 aromatic rings. The number of hydrogen-bond acceptors (Lipinski definition) is 6. The number of ether oxygens (including phenoxy) is 1. The second kappa shape index (κ2) is 10.3. The Kier molecular flexibility index (Phi) is 6.47. The summed E-state index contributed by atoms with van der Waals surface area (Å²) in [6.07, 6.45) is 5.08. The van der Waals surface area contributed by atoms with Crippen LogP contribution in [-0.4, -0.2) is 20.4 Å². The zero-order valence-electron chi connectivity index (χ0n) is 21.9. The van der Waals surface area contributed by atoms with Crippen molar-refractivity contribution in [3.05, 3.63) is 107 Å². The number of nitrogens with zero attached hydrogens (tertiary/aromatic N) is 3. The van der Waals surface area contributed by atoms with E-state index in [-0.39, 0.29) is 23.2 Å². The van der Waals surface area contributed by atoms with E-state index in [4.69, 9.17) is 4.74 Å². The van der Waals surface area contributed by atoms with Crippen molar-refractivity contribution in [2.45, 2.75) is 26.7 Å². The second-order valence-corrected chi connectivity index (χ2v) is 9.87. The van der Waals surface area contributed by atoms with Gasteiger partial charge in [-0.1, -0.05) is 0 Å². The van der Waals surface area contributed by atoms with Gasteiger partial charge in [0.25, 0.3) is 5.56 Å². The van der Waals surface area contributed by atoms with E-state index in [1.54, 1.807) is 47.3 Å². The van der Waals surface area contributed by atoms with Crippen molar-refractivity contribution in [3.8, 4) is 17.2 Å². The molecule has 0 atom stereocenters. The van der Waals surface area contributed by atoms with Crippen LogP contribution < -0.4 is 20.9 Å². The third kappa shape index (κ3) is 5.13. The number of pyridine rings is 3. The summed E-state index contributed by atoms with van der Waals surface area (Å²) in [5.41, 5.74) is 2.68. The number of halogens is 1. The van der Waals surface area contributed by atoms with Gasteiger partial charge in [-0.15, -0.1) is 0 Å². The molecule has 9 heteroatoms. The Morgan fingerprint density at radius 3 is 2.45 bits per heavy atom. The molecule has 0 aliphatic heterocycles. The first-order valence-electron chi connectivity index (χ1n) is 13.0. The molecule has 1 fully saturated rings. The lowest BCUT2D eigenvalue weighted by Gasteiger charge is -2.15. The monoisotopic (exact) mass is 535 g/mol. The SMILES string of the molecule is Cc1cc(Oc2ccnc(NC(=O)C3CC3)c2)ccc1Nc1nccc2cc(C)n(-c3ccc(F)cc3)c(=O)c12. The lowest BCUT2D eigenvalue weighted by atomic mass is 10.1. The maximum atomic E-state index is 13.7. The van der Waals surface area contributed by atoms with Crippen LogP contribution in [0, 0.1) is 25.6 Å². The molecular formula is C31H26FN5O3.